The van der Waals surface area contributed by atoms with Crippen LogP contribution >= 0.6 is 0 Å². The summed E-state index contributed by atoms with van der Waals surface area (Å²) in [5.74, 6) is 0. The first-order valence-corrected chi connectivity index (χ1v) is 7.48. The van der Waals surface area contributed by atoms with Crippen LogP contribution in [0, 0.1) is 6.07 Å². The summed E-state index contributed by atoms with van der Waals surface area (Å²) >= 11 is 0. The van der Waals surface area contributed by atoms with Crippen molar-refractivity contribution in [1.29, 1.82) is 0 Å². The van der Waals surface area contributed by atoms with Gasteiger partial charge in [-0.3, -0.25) is 0 Å². The second-order valence-corrected chi connectivity index (χ2v) is 5.50. The van der Waals surface area contributed by atoms with Crippen molar-refractivity contribution in [2.45, 2.75) is 46.0 Å². The fourth-order valence-electron chi connectivity index (χ4n) is 3.15. The van der Waals surface area contributed by atoms with Crippen molar-refractivity contribution in [3.63, 3.8) is 0 Å². The molecule has 0 unspecified atom stereocenters. The van der Waals surface area contributed by atoms with Gasteiger partial charge in [0.25, 0.3) is 0 Å². The molecular formula is C19H21. The summed E-state index contributed by atoms with van der Waals surface area (Å²) in [7, 11) is 0. The van der Waals surface area contributed by atoms with E-state index < -0.39 is 0 Å². The summed E-state index contributed by atoms with van der Waals surface area (Å²) in [6.07, 6.45) is 5.83. The van der Waals surface area contributed by atoms with Crippen LogP contribution in [0.3, 0.4) is 0 Å². The molecule has 0 heterocycles. The Morgan fingerprint density at radius 1 is 1.00 bits per heavy atom. The van der Waals surface area contributed by atoms with Crippen molar-refractivity contribution >= 4 is 0 Å². The van der Waals surface area contributed by atoms with Crippen molar-refractivity contribution in [3.05, 3.63) is 58.7 Å². The van der Waals surface area contributed by atoms with Crippen LogP contribution in [0.5, 0.6) is 0 Å². The van der Waals surface area contributed by atoms with Gasteiger partial charge in [0.05, 0.1) is 0 Å². The van der Waals surface area contributed by atoms with Gasteiger partial charge in [-0.1, -0.05) is 57.0 Å². The van der Waals surface area contributed by atoms with Gasteiger partial charge in [0.1, 0.15) is 0 Å². The summed E-state index contributed by atoms with van der Waals surface area (Å²) in [6.45, 7) is 4.52. The van der Waals surface area contributed by atoms with Crippen molar-refractivity contribution in [2.24, 2.45) is 0 Å². The van der Waals surface area contributed by atoms with Crippen LogP contribution in [-0.2, 0) is 19.3 Å². The third kappa shape index (κ3) is 2.20. The Labute approximate surface area is 116 Å². The number of hydrogen-bond acceptors (Lipinski definition) is 0. The van der Waals surface area contributed by atoms with Crippen LogP contribution in [0.1, 0.15) is 48.9 Å². The van der Waals surface area contributed by atoms with E-state index in [0.29, 0.717) is 0 Å². The standard InChI is InChI=1S/C19H21/c1-3-7-14-11-17-12-16-9-5-6-10-18(16)19(17)13-15(14)8-4-2/h5-6,9-10,13H,3-4,7-8,12H2,1-2H3. The van der Waals surface area contributed by atoms with Gasteiger partial charge in [0.15, 0.2) is 0 Å². The van der Waals surface area contributed by atoms with Gasteiger partial charge in [0.2, 0.25) is 0 Å². The van der Waals surface area contributed by atoms with Crippen molar-refractivity contribution in [1.82, 2.24) is 0 Å². The third-order valence-electron chi connectivity index (χ3n) is 4.03. The van der Waals surface area contributed by atoms with Crippen LogP contribution in [0.2, 0.25) is 0 Å². The third-order valence-corrected chi connectivity index (χ3v) is 4.03. The average Bonchev–Trinajstić information content (AvgIpc) is 2.77. The van der Waals surface area contributed by atoms with Crippen molar-refractivity contribution in [2.75, 3.05) is 0 Å². The SMILES string of the molecule is CCCc1[c]c2c(cc1CCC)-c1ccccc1C2. The van der Waals surface area contributed by atoms with Gasteiger partial charge < -0.3 is 0 Å². The molecular weight excluding hydrogens is 228 g/mol. The van der Waals surface area contributed by atoms with Gasteiger partial charge in [-0.05, 0) is 58.7 Å². The molecule has 0 fully saturated rings. The molecule has 0 amide bonds. The topological polar surface area (TPSA) is 0 Å². The summed E-state index contributed by atoms with van der Waals surface area (Å²) in [4.78, 5) is 0. The van der Waals surface area contributed by atoms with Crippen LogP contribution in [-0.4, -0.2) is 0 Å². The van der Waals surface area contributed by atoms with E-state index in [4.69, 9.17) is 0 Å². The van der Waals surface area contributed by atoms with Crippen LogP contribution in [0.15, 0.2) is 30.3 Å². The van der Waals surface area contributed by atoms with Crippen LogP contribution in [0.25, 0.3) is 11.1 Å². The fourth-order valence-corrected chi connectivity index (χ4v) is 3.15. The van der Waals surface area contributed by atoms with Gasteiger partial charge in [0, 0.05) is 0 Å². The molecule has 0 aliphatic heterocycles. The minimum Gasteiger partial charge on any atom is -0.0651 e. The highest BCUT2D eigenvalue weighted by atomic mass is 14.2. The first-order chi connectivity index (χ1) is 9.33. The van der Waals surface area contributed by atoms with E-state index in [0.717, 1.165) is 6.42 Å². The molecule has 0 heteroatoms. The molecule has 1 radical (unpaired) electrons. The van der Waals surface area contributed by atoms with Crippen molar-refractivity contribution in [3.8, 4) is 11.1 Å². The molecule has 97 valence electrons. The minimum absolute atomic E-state index is 1.06. The Kier molecular flexibility index (Phi) is 3.42. The van der Waals surface area contributed by atoms with E-state index in [9.17, 15) is 0 Å². The predicted molar refractivity (Wildman–Crippen MR) is 81.5 cm³/mol. The molecule has 3 rings (SSSR count). The monoisotopic (exact) mass is 249 g/mol. The molecule has 0 aromatic heterocycles. The van der Waals surface area contributed by atoms with Crippen LogP contribution in [0.4, 0.5) is 0 Å². The zero-order valence-electron chi connectivity index (χ0n) is 11.9. The maximum atomic E-state index is 3.73. The smallest absolute Gasteiger partial charge is 0.000718 e. The Balaban J connectivity index is 2.10. The number of hydrogen-bond donors (Lipinski definition) is 0. The first kappa shape index (κ1) is 12.5. The first-order valence-electron chi connectivity index (χ1n) is 7.48. The zero-order chi connectivity index (χ0) is 13.2. The maximum absolute atomic E-state index is 3.73. The van der Waals surface area contributed by atoms with E-state index >= 15 is 0 Å². The van der Waals surface area contributed by atoms with E-state index in [1.165, 1.54) is 59.1 Å². The lowest BCUT2D eigenvalue weighted by molar-refractivity contribution is 0.858. The molecule has 0 atom stereocenters. The molecule has 2 aromatic rings. The molecule has 0 N–H and O–H groups in total. The van der Waals surface area contributed by atoms with Gasteiger partial charge in [-0.2, -0.15) is 0 Å². The van der Waals surface area contributed by atoms with Crippen LogP contribution < -0.4 is 0 Å². The maximum Gasteiger partial charge on any atom is -0.000718 e. The molecule has 2 aromatic carbocycles. The minimum atomic E-state index is 1.06. The van der Waals surface area contributed by atoms with E-state index in [2.05, 4.69) is 50.2 Å². The second kappa shape index (κ2) is 5.21. The molecule has 0 saturated carbocycles. The molecule has 19 heavy (non-hydrogen) atoms. The second-order valence-electron chi connectivity index (χ2n) is 5.50. The number of rotatable bonds is 4. The summed E-state index contributed by atoms with van der Waals surface area (Å²) < 4.78 is 0. The highest BCUT2D eigenvalue weighted by Gasteiger charge is 2.19. The summed E-state index contributed by atoms with van der Waals surface area (Å²) in [5.41, 5.74) is 8.69. The largest absolute Gasteiger partial charge is 0.0651 e. The lowest BCUT2D eigenvalue weighted by Gasteiger charge is -2.11. The molecule has 0 bridgehead atoms. The Morgan fingerprint density at radius 2 is 1.79 bits per heavy atom. The van der Waals surface area contributed by atoms with E-state index in [1.807, 2.05) is 0 Å². The lowest BCUT2D eigenvalue weighted by Crippen LogP contribution is -1.97. The molecule has 0 nitrogen and oxygen atoms in total. The molecule has 0 spiro atoms. The summed E-state index contributed by atoms with van der Waals surface area (Å²) in [5, 5.41) is 0. The number of fused-ring (bicyclic) bond motifs is 3. The number of aryl methyl sites for hydroxylation is 2. The summed E-state index contributed by atoms with van der Waals surface area (Å²) in [6, 6.07) is 15.0. The van der Waals surface area contributed by atoms with E-state index in [-0.39, 0.29) is 0 Å². The highest BCUT2D eigenvalue weighted by Crippen LogP contribution is 2.38. The lowest BCUT2D eigenvalue weighted by atomic mass is 9.93. The van der Waals surface area contributed by atoms with Gasteiger partial charge >= 0.3 is 0 Å². The van der Waals surface area contributed by atoms with Gasteiger partial charge in [-0.15, -0.1) is 0 Å². The quantitative estimate of drug-likeness (QED) is 0.613. The highest BCUT2D eigenvalue weighted by molar-refractivity contribution is 5.77. The average molecular weight is 249 g/mol. The molecule has 0 saturated heterocycles. The Hall–Kier alpha value is -1.56. The fraction of sp³-hybridized carbons (Fsp3) is 0.368. The van der Waals surface area contributed by atoms with Gasteiger partial charge in [-0.25, -0.2) is 0 Å². The normalized spacial score (nSPS) is 12.3. The predicted octanol–water partition coefficient (Wildman–Crippen LogP) is 4.96. The van der Waals surface area contributed by atoms with Crippen molar-refractivity contribution < 1.29 is 0 Å². The number of benzene rings is 2. The zero-order valence-corrected chi connectivity index (χ0v) is 11.9. The molecule has 1 aliphatic carbocycles. The Morgan fingerprint density at radius 3 is 2.58 bits per heavy atom. The van der Waals surface area contributed by atoms with E-state index in [1.54, 1.807) is 0 Å². The molecule has 1 aliphatic rings. The Bertz CT molecular complexity index is 593.